The molecule has 134 valence electrons. The van der Waals surface area contributed by atoms with E-state index in [1.807, 2.05) is 17.0 Å². The highest BCUT2D eigenvalue weighted by molar-refractivity contribution is 5.73. The van der Waals surface area contributed by atoms with Crippen LogP contribution in [0.5, 0.6) is 0 Å². The molecule has 2 saturated heterocycles. The molecule has 5 heteroatoms. The Bertz CT molecular complexity index is 636. The maximum Gasteiger partial charge on any atom is 0.219 e. The fourth-order valence-electron chi connectivity index (χ4n) is 4.18. The number of rotatable bonds is 3. The fourth-order valence-corrected chi connectivity index (χ4v) is 4.18. The summed E-state index contributed by atoms with van der Waals surface area (Å²) in [6.07, 6.45) is 1.07. The first-order valence-electron chi connectivity index (χ1n) is 9.28. The average molecular weight is 340 g/mol. The van der Waals surface area contributed by atoms with Crippen molar-refractivity contribution in [2.75, 3.05) is 39.3 Å². The molecule has 25 heavy (non-hydrogen) atoms. The number of nitriles is 1. The van der Waals surface area contributed by atoms with Crippen LogP contribution in [0.3, 0.4) is 0 Å². The van der Waals surface area contributed by atoms with E-state index in [0.717, 1.165) is 57.8 Å². The van der Waals surface area contributed by atoms with Gasteiger partial charge in [0.25, 0.3) is 0 Å². The Labute approximate surface area is 150 Å². The van der Waals surface area contributed by atoms with Crippen LogP contribution in [0.15, 0.2) is 24.3 Å². The monoisotopic (exact) mass is 340 g/mol. The Morgan fingerprint density at radius 1 is 1.16 bits per heavy atom. The predicted octanol–water partition coefficient (Wildman–Crippen LogP) is 1.93. The van der Waals surface area contributed by atoms with Gasteiger partial charge in [0.1, 0.15) is 0 Å². The summed E-state index contributed by atoms with van der Waals surface area (Å²) >= 11 is 0. The van der Waals surface area contributed by atoms with Gasteiger partial charge in [-0.05, 0) is 30.0 Å². The summed E-state index contributed by atoms with van der Waals surface area (Å²) in [5.41, 5.74) is 1.99. The molecule has 1 aromatic carbocycles. The van der Waals surface area contributed by atoms with Gasteiger partial charge in [-0.25, -0.2) is 0 Å². The normalized spacial score (nSPS) is 25.6. The van der Waals surface area contributed by atoms with E-state index < -0.39 is 0 Å². The third-order valence-electron chi connectivity index (χ3n) is 5.58. The second kappa shape index (κ2) is 7.99. The van der Waals surface area contributed by atoms with E-state index in [1.165, 1.54) is 5.56 Å². The van der Waals surface area contributed by atoms with Crippen LogP contribution in [0.2, 0.25) is 0 Å². The smallest absolute Gasteiger partial charge is 0.219 e. The first kappa shape index (κ1) is 17.9. The van der Waals surface area contributed by atoms with Crippen molar-refractivity contribution in [3.8, 4) is 6.07 Å². The van der Waals surface area contributed by atoms with Gasteiger partial charge in [0.05, 0.1) is 11.6 Å². The Hall–Kier alpha value is -1.90. The molecule has 5 nitrogen and oxygen atoms in total. The molecular formula is C20H28N4O. The molecule has 0 bridgehead atoms. The van der Waals surface area contributed by atoms with Crippen LogP contribution in [0.4, 0.5) is 0 Å². The van der Waals surface area contributed by atoms with Gasteiger partial charge < -0.3 is 4.90 Å². The van der Waals surface area contributed by atoms with Gasteiger partial charge in [0.15, 0.2) is 0 Å². The molecule has 0 N–H and O–H groups in total. The predicted molar refractivity (Wildman–Crippen MR) is 97.8 cm³/mol. The highest BCUT2D eigenvalue weighted by atomic mass is 16.2. The maximum absolute atomic E-state index is 11.6. The lowest BCUT2D eigenvalue weighted by molar-refractivity contribution is -0.128. The Morgan fingerprint density at radius 3 is 2.60 bits per heavy atom. The minimum atomic E-state index is 0.198. The topological polar surface area (TPSA) is 50.6 Å². The molecule has 0 unspecified atom stereocenters. The molecule has 2 heterocycles. The summed E-state index contributed by atoms with van der Waals surface area (Å²) < 4.78 is 0. The molecular weight excluding hydrogens is 312 g/mol. The summed E-state index contributed by atoms with van der Waals surface area (Å²) in [7, 11) is 0. The van der Waals surface area contributed by atoms with Gasteiger partial charge in [-0.1, -0.05) is 19.1 Å². The van der Waals surface area contributed by atoms with Gasteiger partial charge in [-0.15, -0.1) is 0 Å². The molecule has 3 rings (SSSR count). The minimum Gasteiger partial charge on any atom is -0.342 e. The lowest BCUT2D eigenvalue weighted by Gasteiger charge is -2.30. The number of hydrogen-bond acceptors (Lipinski definition) is 4. The third-order valence-corrected chi connectivity index (χ3v) is 5.58. The van der Waals surface area contributed by atoms with E-state index in [1.54, 1.807) is 6.92 Å². The molecule has 2 aliphatic heterocycles. The quantitative estimate of drug-likeness (QED) is 0.844. The minimum absolute atomic E-state index is 0.198. The van der Waals surface area contributed by atoms with E-state index in [-0.39, 0.29) is 5.91 Å². The number of amides is 1. The number of likely N-dealkylation sites (tertiary alicyclic amines) is 1. The van der Waals surface area contributed by atoms with Crippen LogP contribution in [-0.2, 0) is 11.3 Å². The summed E-state index contributed by atoms with van der Waals surface area (Å²) in [6, 6.07) is 10.7. The molecule has 2 fully saturated rings. The Morgan fingerprint density at radius 2 is 1.92 bits per heavy atom. The van der Waals surface area contributed by atoms with Crippen LogP contribution >= 0.6 is 0 Å². The number of benzene rings is 1. The highest BCUT2D eigenvalue weighted by Crippen LogP contribution is 2.24. The summed E-state index contributed by atoms with van der Waals surface area (Å²) in [6.45, 7) is 11.0. The SMILES string of the molecule is CC(=O)N1CCCN([C@@H]2CN(Cc3ccc(C#N)cc3)C[C@@H]2C)CC1. The van der Waals surface area contributed by atoms with Gasteiger partial charge >= 0.3 is 0 Å². The molecule has 0 radical (unpaired) electrons. The van der Waals surface area contributed by atoms with Crippen molar-refractivity contribution >= 4 is 5.91 Å². The van der Waals surface area contributed by atoms with Crippen molar-refractivity contribution in [1.29, 1.82) is 5.26 Å². The summed E-state index contributed by atoms with van der Waals surface area (Å²) in [5.74, 6) is 0.839. The highest BCUT2D eigenvalue weighted by Gasteiger charge is 2.34. The fraction of sp³-hybridized carbons (Fsp3) is 0.600. The number of hydrogen-bond donors (Lipinski definition) is 0. The maximum atomic E-state index is 11.6. The van der Waals surface area contributed by atoms with E-state index in [9.17, 15) is 4.79 Å². The lowest BCUT2D eigenvalue weighted by Crippen LogP contribution is -2.42. The third kappa shape index (κ3) is 4.39. The second-order valence-electron chi connectivity index (χ2n) is 7.44. The van der Waals surface area contributed by atoms with Crippen LogP contribution in [0.25, 0.3) is 0 Å². The standard InChI is InChI=1S/C20H28N4O/c1-16-13-22(14-19-6-4-18(12-21)5-7-19)15-20(16)24-9-3-8-23(10-11-24)17(2)25/h4-7,16,20H,3,8-11,13-15H2,1-2H3/t16-,20+/m0/s1. The van der Waals surface area contributed by atoms with Crippen LogP contribution in [0.1, 0.15) is 31.4 Å². The largest absolute Gasteiger partial charge is 0.342 e. The van der Waals surface area contributed by atoms with Crippen LogP contribution in [0, 0.1) is 17.2 Å². The molecule has 1 amide bonds. The Kier molecular flexibility index (Phi) is 5.72. The van der Waals surface area contributed by atoms with E-state index >= 15 is 0 Å². The lowest BCUT2D eigenvalue weighted by atomic mass is 10.0. The van der Waals surface area contributed by atoms with Crippen molar-refractivity contribution in [3.63, 3.8) is 0 Å². The molecule has 0 spiro atoms. The van der Waals surface area contributed by atoms with Crippen LogP contribution in [-0.4, -0.2) is 65.9 Å². The van der Waals surface area contributed by atoms with E-state index in [0.29, 0.717) is 12.0 Å². The zero-order chi connectivity index (χ0) is 17.8. The van der Waals surface area contributed by atoms with Gasteiger partial charge in [0, 0.05) is 58.8 Å². The van der Waals surface area contributed by atoms with Crippen molar-refractivity contribution in [1.82, 2.24) is 14.7 Å². The number of carbonyl (C=O) groups excluding carboxylic acids is 1. The van der Waals surface area contributed by atoms with Gasteiger partial charge in [-0.3, -0.25) is 14.6 Å². The summed E-state index contributed by atoms with van der Waals surface area (Å²) in [5, 5.41) is 8.91. The summed E-state index contributed by atoms with van der Waals surface area (Å²) in [4.78, 5) is 18.7. The van der Waals surface area contributed by atoms with Crippen molar-refractivity contribution < 1.29 is 4.79 Å². The number of nitrogens with zero attached hydrogens (tertiary/aromatic N) is 4. The van der Waals surface area contributed by atoms with Gasteiger partial charge in [-0.2, -0.15) is 5.26 Å². The molecule has 0 aliphatic carbocycles. The van der Waals surface area contributed by atoms with Crippen molar-refractivity contribution in [2.45, 2.75) is 32.9 Å². The van der Waals surface area contributed by atoms with Gasteiger partial charge in [0.2, 0.25) is 5.91 Å². The van der Waals surface area contributed by atoms with Crippen molar-refractivity contribution in [3.05, 3.63) is 35.4 Å². The van der Waals surface area contributed by atoms with Crippen molar-refractivity contribution in [2.24, 2.45) is 5.92 Å². The molecule has 2 atom stereocenters. The molecule has 0 saturated carbocycles. The first-order chi connectivity index (χ1) is 12.1. The molecule has 2 aliphatic rings. The zero-order valence-corrected chi connectivity index (χ0v) is 15.3. The zero-order valence-electron chi connectivity index (χ0n) is 15.3. The van der Waals surface area contributed by atoms with E-state index in [4.69, 9.17) is 5.26 Å². The second-order valence-corrected chi connectivity index (χ2v) is 7.44. The molecule has 0 aromatic heterocycles. The first-order valence-corrected chi connectivity index (χ1v) is 9.28. The Balaban J connectivity index is 1.57. The molecule has 1 aromatic rings. The van der Waals surface area contributed by atoms with E-state index in [2.05, 4.69) is 34.9 Å². The van der Waals surface area contributed by atoms with Crippen LogP contribution < -0.4 is 0 Å². The number of carbonyl (C=O) groups is 1. The average Bonchev–Trinajstić information content (AvgIpc) is 2.82.